The van der Waals surface area contributed by atoms with Gasteiger partial charge in [0.2, 0.25) is 0 Å². The number of ether oxygens (including phenoxy) is 2. The molecule has 1 aliphatic rings. The molecule has 0 saturated heterocycles. The summed E-state index contributed by atoms with van der Waals surface area (Å²) in [6.45, 7) is 3.14. The Balaban J connectivity index is 1.50. The molecule has 2 heterocycles. The standard InChI is InChI=1S/C22H21N3O3/c1-2-15-5-3-4-6-18(15)24-17-9-10-23-19(13-17)22(26)25-16-7-8-20-21(14-16)28-12-11-27-20/h3-10,13-14H,2,11-12H2,1H3,(H,23,24)(H,25,26). The average molecular weight is 375 g/mol. The number of benzene rings is 2. The largest absolute Gasteiger partial charge is 0.486 e. The van der Waals surface area contributed by atoms with Gasteiger partial charge in [-0.05, 0) is 42.3 Å². The zero-order valence-corrected chi connectivity index (χ0v) is 15.6. The molecule has 4 rings (SSSR count). The number of para-hydroxylation sites is 1. The average Bonchev–Trinajstić information content (AvgIpc) is 2.74. The SMILES string of the molecule is CCc1ccccc1Nc1ccnc(C(=O)Nc2ccc3c(c2)OCCO3)c1. The van der Waals surface area contributed by atoms with Crippen LogP contribution >= 0.6 is 0 Å². The van der Waals surface area contributed by atoms with Crippen molar-refractivity contribution in [2.45, 2.75) is 13.3 Å². The Morgan fingerprint density at radius 1 is 1.00 bits per heavy atom. The van der Waals surface area contributed by atoms with Gasteiger partial charge in [0, 0.05) is 29.3 Å². The van der Waals surface area contributed by atoms with Crippen molar-refractivity contribution in [3.63, 3.8) is 0 Å². The van der Waals surface area contributed by atoms with Crippen molar-refractivity contribution >= 4 is 23.0 Å². The van der Waals surface area contributed by atoms with E-state index in [-0.39, 0.29) is 5.91 Å². The Morgan fingerprint density at radius 3 is 2.68 bits per heavy atom. The molecule has 1 amide bonds. The summed E-state index contributed by atoms with van der Waals surface area (Å²) in [7, 11) is 0. The molecular formula is C22H21N3O3. The zero-order valence-electron chi connectivity index (χ0n) is 15.6. The third kappa shape index (κ3) is 3.91. The normalized spacial score (nSPS) is 12.3. The molecule has 142 valence electrons. The van der Waals surface area contributed by atoms with Gasteiger partial charge in [0.25, 0.3) is 5.91 Å². The topological polar surface area (TPSA) is 72.5 Å². The Hall–Kier alpha value is -3.54. The summed E-state index contributed by atoms with van der Waals surface area (Å²) < 4.78 is 11.1. The first-order chi connectivity index (χ1) is 13.7. The maximum atomic E-state index is 12.6. The van der Waals surface area contributed by atoms with Crippen LogP contribution in [0.5, 0.6) is 11.5 Å². The van der Waals surface area contributed by atoms with E-state index in [9.17, 15) is 4.79 Å². The smallest absolute Gasteiger partial charge is 0.274 e. The van der Waals surface area contributed by atoms with Gasteiger partial charge in [-0.1, -0.05) is 25.1 Å². The maximum absolute atomic E-state index is 12.6. The van der Waals surface area contributed by atoms with E-state index in [0.29, 0.717) is 36.1 Å². The predicted octanol–water partition coefficient (Wildman–Crippen LogP) is 4.41. The van der Waals surface area contributed by atoms with Gasteiger partial charge in [0.1, 0.15) is 18.9 Å². The highest BCUT2D eigenvalue weighted by molar-refractivity contribution is 6.03. The van der Waals surface area contributed by atoms with E-state index in [1.807, 2.05) is 24.3 Å². The van der Waals surface area contributed by atoms with Crippen molar-refractivity contribution in [3.05, 3.63) is 72.1 Å². The zero-order chi connectivity index (χ0) is 19.3. The third-order valence-corrected chi connectivity index (χ3v) is 4.47. The number of rotatable bonds is 5. The van der Waals surface area contributed by atoms with E-state index < -0.39 is 0 Å². The molecule has 0 aliphatic carbocycles. The van der Waals surface area contributed by atoms with Gasteiger partial charge in [-0.3, -0.25) is 9.78 Å². The summed E-state index contributed by atoms with van der Waals surface area (Å²) >= 11 is 0. The van der Waals surface area contributed by atoms with Gasteiger partial charge in [0.05, 0.1) is 0 Å². The number of pyridine rings is 1. The number of nitrogens with one attached hydrogen (secondary N) is 2. The molecule has 6 nitrogen and oxygen atoms in total. The number of anilines is 3. The lowest BCUT2D eigenvalue weighted by Crippen LogP contribution is -2.17. The Labute approximate surface area is 163 Å². The van der Waals surface area contributed by atoms with E-state index in [0.717, 1.165) is 17.8 Å². The number of aromatic nitrogens is 1. The predicted molar refractivity (Wildman–Crippen MR) is 109 cm³/mol. The maximum Gasteiger partial charge on any atom is 0.274 e. The molecule has 0 radical (unpaired) electrons. The van der Waals surface area contributed by atoms with Crippen LogP contribution in [0.1, 0.15) is 23.0 Å². The minimum Gasteiger partial charge on any atom is -0.486 e. The van der Waals surface area contributed by atoms with E-state index in [1.165, 1.54) is 5.56 Å². The molecule has 0 saturated carbocycles. The van der Waals surface area contributed by atoms with Gasteiger partial charge in [0.15, 0.2) is 11.5 Å². The molecular weight excluding hydrogens is 354 g/mol. The first-order valence-corrected chi connectivity index (χ1v) is 9.25. The van der Waals surface area contributed by atoms with Crippen molar-refractivity contribution in [1.82, 2.24) is 4.98 Å². The Kier molecular flexibility index (Phi) is 5.10. The quantitative estimate of drug-likeness (QED) is 0.691. The number of nitrogens with zero attached hydrogens (tertiary/aromatic N) is 1. The first kappa shape index (κ1) is 17.9. The Morgan fingerprint density at radius 2 is 1.82 bits per heavy atom. The number of amides is 1. The fourth-order valence-electron chi connectivity index (χ4n) is 3.05. The third-order valence-electron chi connectivity index (χ3n) is 4.47. The van der Waals surface area contributed by atoms with Crippen LogP contribution in [0, 0.1) is 0 Å². The van der Waals surface area contributed by atoms with Gasteiger partial charge < -0.3 is 20.1 Å². The second-order valence-corrected chi connectivity index (χ2v) is 6.38. The first-order valence-electron chi connectivity index (χ1n) is 9.25. The van der Waals surface area contributed by atoms with Crippen molar-refractivity contribution in [1.29, 1.82) is 0 Å². The molecule has 6 heteroatoms. The highest BCUT2D eigenvalue weighted by atomic mass is 16.6. The van der Waals surface area contributed by atoms with Crippen molar-refractivity contribution in [2.24, 2.45) is 0 Å². The summed E-state index contributed by atoms with van der Waals surface area (Å²) in [5.74, 6) is 1.02. The fraction of sp³-hybridized carbons (Fsp3) is 0.182. The van der Waals surface area contributed by atoms with Crippen molar-refractivity contribution in [2.75, 3.05) is 23.8 Å². The number of aryl methyl sites for hydroxylation is 1. The van der Waals surface area contributed by atoms with Crippen LogP contribution in [0.4, 0.5) is 17.1 Å². The van der Waals surface area contributed by atoms with Crippen LogP contribution in [0.2, 0.25) is 0 Å². The number of hydrogen-bond donors (Lipinski definition) is 2. The van der Waals surface area contributed by atoms with Crippen LogP contribution in [-0.2, 0) is 6.42 Å². The molecule has 1 aromatic heterocycles. The lowest BCUT2D eigenvalue weighted by Gasteiger charge is -2.19. The van der Waals surface area contributed by atoms with E-state index >= 15 is 0 Å². The Bertz CT molecular complexity index is 1000. The van der Waals surface area contributed by atoms with E-state index in [1.54, 1.807) is 30.5 Å². The molecule has 2 N–H and O–H groups in total. The minimum absolute atomic E-state index is 0.288. The summed E-state index contributed by atoms with van der Waals surface area (Å²) in [6.07, 6.45) is 2.54. The lowest BCUT2D eigenvalue weighted by molar-refractivity contribution is 0.102. The number of hydrogen-bond acceptors (Lipinski definition) is 5. The van der Waals surface area contributed by atoms with Crippen molar-refractivity contribution < 1.29 is 14.3 Å². The highest BCUT2D eigenvalue weighted by Gasteiger charge is 2.14. The highest BCUT2D eigenvalue weighted by Crippen LogP contribution is 2.32. The number of carbonyl (C=O) groups excluding carboxylic acids is 1. The molecule has 0 spiro atoms. The van der Waals surface area contributed by atoms with Crippen LogP contribution in [0.3, 0.4) is 0 Å². The second kappa shape index (κ2) is 8.00. The lowest BCUT2D eigenvalue weighted by atomic mass is 10.1. The summed E-state index contributed by atoms with van der Waals surface area (Å²) in [5.41, 5.74) is 4.00. The van der Waals surface area contributed by atoms with Crippen molar-refractivity contribution in [3.8, 4) is 11.5 Å². The summed E-state index contributed by atoms with van der Waals surface area (Å²) in [6, 6.07) is 17.0. The summed E-state index contributed by atoms with van der Waals surface area (Å²) in [5, 5.41) is 6.22. The molecule has 1 aliphatic heterocycles. The summed E-state index contributed by atoms with van der Waals surface area (Å²) in [4.78, 5) is 16.8. The van der Waals surface area contributed by atoms with Crippen LogP contribution < -0.4 is 20.1 Å². The second-order valence-electron chi connectivity index (χ2n) is 6.38. The molecule has 0 atom stereocenters. The monoisotopic (exact) mass is 375 g/mol. The molecule has 0 bridgehead atoms. The number of fused-ring (bicyclic) bond motifs is 1. The van der Waals surface area contributed by atoms with Gasteiger partial charge in [-0.2, -0.15) is 0 Å². The molecule has 0 unspecified atom stereocenters. The van der Waals surface area contributed by atoms with Crippen LogP contribution in [0.15, 0.2) is 60.8 Å². The van der Waals surface area contributed by atoms with Gasteiger partial charge >= 0.3 is 0 Å². The molecule has 3 aromatic rings. The molecule has 2 aromatic carbocycles. The van der Waals surface area contributed by atoms with Crippen LogP contribution in [-0.4, -0.2) is 24.1 Å². The van der Waals surface area contributed by atoms with E-state index in [2.05, 4.69) is 28.6 Å². The molecule has 0 fully saturated rings. The van der Waals surface area contributed by atoms with Crippen LogP contribution in [0.25, 0.3) is 0 Å². The van der Waals surface area contributed by atoms with E-state index in [4.69, 9.17) is 9.47 Å². The number of carbonyl (C=O) groups is 1. The molecule has 28 heavy (non-hydrogen) atoms. The van der Waals surface area contributed by atoms with Gasteiger partial charge in [-0.15, -0.1) is 0 Å². The minimum atomic E-state index is -0.288. The van der Waals surface area contributed by atoms with Gasteiger partial charge in [-0.25, -0.2) is 0 Å². The fourth-order valence-corrected chi connectivity index (χ4v) is 3.05.